The molecule has 0 aromatic rings. The quantitative estimate of drug-likeness (QED) is 0.671. The Morgan fingerprint density at radius 3 is 1.92 bits per heavy atom. The summed E-state index contributed by atoms with van der Waals surface area (Å²) in [5, 5.41) is 0. The summed E-state index contributed by atoms with van der Waals surface area (Å²) >= 11 is 0. The Morgan fingerprint density at radius 2 is 1.62 bits per heavy atom. The largest absolute Gasteiger partial charge is 0.328 e. The fourth-order valence-corrected chi connectivity index (χ4v) is 3.00. The zero-order valence-corrected chi connectivity index (χ0v) is 9.43. The average Bonchev–Trinajstić information content (AvgIpc) is 1.79. The fraction of sp³-hybridized carbons (Fsp3) is 0.909. The van der Waals surface area contributed by atoms with E-state index in [2.05, 4.69) is 39.5 Å². The molecular weight excluding hydrogens is 160 g/mol. The van der Waals surface area contributed by atoms with Gasteiger partial charge in [-0.25, -0.2) is 0 Å². The van der Waals surface area contributed by atoms with E-state index in [-0.39, 0.29) is 11.1 Å². The van der Waals surface area contributed by atoms with Gasteiger partial charge < -0.3 is 5.73 Å². The van der Waals surface area contributed by atoms with Gasteiger partial charge in [-0.05, 0) is 54.0 Å². The van der Waals surface area contributed by atoms with Gasteiger partial charge in [-0.3, -0.25) is 4.90 Å². The van der Waals surface area contributed by atoms with Gasteiger partial charge in [0.05, 0.1) is 0 Å². The van der Waals surface area contributed by atoms with Crippen molar-refractivity contribution in [3.05, 3.63) is 6.92 Å². The highest BCUT2D eigenvalue weighted by Gasteiger charge is 2.42. The summed E-state index contributed by atoms with van der Waals surface area (Å²) in [6.07, 6.45) is 2.15. The van der Waals surface area contributed by atoms with Crippen molar-refractivity contribution in [3.8, 4) is 0 Å². The predicted molar refractivity (Wildman–Crippen MR) is 57.4 cm³/mol. The van der Waals surface area contributed by atoms with E-state index in [4.69, 9.17) is 5.73 Å². The summed E-state index contributed by atoms with van der Waals surface area (Å²) in [6, 6.07) is 0.341. The van der Waals surface area contributed by atoms with Crippen LogP contribution >= 0.6 is 0 Å². The zero-order chi connectivity index (χ0) is 10.3. The minimum atomic E-state index is 0.197. The van der Waals surface area contributed by atoms with Gasteiger partial charge in [-0.15, -0.1) is 0 Å². The highest BCUT2D eigenvalue weighted by molar-refractivity contribution is 5.01. The van der Waals surface area contributed by atoms with E-state index in [0.29, 0.717) is 6.04 Å². The molecule has 0 unspecified atom stereocenters. The lowest BCUT2D eigenvalue weighted by atomic mass is 9.77. The number of likely N-dealkylation sites (tertiary alicyclic amines) is 1. The SMILES string of the molecule is [CH2]CN1C(C)(C)CC(N)CC1(C)C. The predicted octanol–water partition coefficient (Wildman–Crippen LogP) is 1.80. The third kappa shape index (κ3) is 2.05. The molecule has 2 N–H and O–H groups in total. The van der Waals surface area contributed by atoms with Gasteiger partial charge in [0.25, 0.3) is 0 Å². The molecule has 13 heavy (non-hydrogen) atoms. The van der Waals surface area contributed by atoms with Crippen molar-refractivity contribution in [1.82, 2.24) is 4.90 Å². The Hall–Kier alpha value is -0.0800. The van der Waals surface area contributed by atoms with E-state index in [1.807, 2.05) is 0 Å². The maximum absolute atomic E-state index is 6.06. The van der Waals surface area contributed by atoms with Gasteiger partial charge in [0.2, 0.25) is 0 Å². The van der Waals surface area contributed by atoms with E-state index in [1.165, 1.54) is 0 Å². The summed E-state index contributed by atoms with van der Waals surface area (Å²) in [5.74, 6) is 0. The number of nitrogens with zero attached hydrogens (tertiary/aromatic N) is 1. The van der Waals surface area contributed by atoms with Gasteiger partial charge in [0.15, 0.2) is 0 Å². The van der Waals surface area contributed by atoms with Crippen molar-refractivity contribution >= 4 is 0 Å². The lowest BCUT2D eigenvalue weighted by molar-refractivity contribution is -0.0252. The monoisotopic (exact) mass is 183 g/mol. The lowest BCUT2D eigenvalue weighted by Gasteiger charge is -2.54. The summed E-state index contributed by atoms with van der Waals surface area (Å²) in [5.41, 5.74) is 6.45. The molecule has 2 heteroatoms. The van der Waals surface area contributed by atoms with Crippen molar-refractivity contribution < 1.29 is 0 Å². The standard InChI is InChI=1S/C11H23N2/c1-6-13-10(2,3)7-9(12)8-11(13,4)5/h9H,1,6-8,12H2,2-5H3. The molecule has 1 radical (unpaired) electrons. The van der Waals surface area contributed by atoms with E-state index in [9.17, 15) is 0 Å². The van der Waals surface area contributed by atoms with Crippen molar-refractivity contribution in [2.75, 3.05) is 6.54 Å². The second-order valence-electron chi connectivity index (χ2n) is 5.44. The molecule has 2 nitrogen and oxygen atoms in total. The smallest absolute Gasteiger partial charge is 0.0173 e. The van der Waals surface area contributed by atoms with Crippen molar-refractivity contribution in [2.45, 2.75) is 57.7 Å². The summed E-state index contributed by atoms with van der Waals surface area (Å²) in [4.78, 5) is 2.46. The van der Waals surface area contributed by atoms with E-state index >= 15 is 0 Å². The molecule has 0 spiro atoms. The molecule has 0 saturated carbocycles. The van der Waals surface area contributed by atoms with Crippen LogP contribution in [0.5, 0.6) is 0 Å². The van der Waals surface area contributed by atoms with Crippen molar-refractivity contribution in [2.24, 2.45) is 5.73 Å². The number of rotatable bonds is 1. The average molecular weight is 183 g/mol. The van der Waals surface area contributed by atoms with Crippen LogP contribution in [0.25, 0.3) is 0 Å². The second-order valence-corrected chi connectivity index (χ2v) is 5.44. The fourth-order valence-electron chi connectivity index (χ4n) is 3.00. The number of nitrogens with two attached hydrogens (primary N) is 1. The molecule has 0 aromatic heterocycles. The maximum atomic E-state index is 6.06. The molecule has 0 bridgehead atoms. The van der Waals surface area contributed by atoms with Crippen LogP contribution in [0.4, 0.5) is 0 Å². The Morgan fingerprint density at radius 1 is 1.23 bits per heavy atom. The molecule has 1 aliphatic rings. The lowest BCUT2D eigenvalue weighted by Crippen LogP contribution is -2.63. The van der Waals surface area contributed by atoms with E-state index in [0.717, 1.165) is 19.4 Å². The Balaban J connectivity index is 2.88. The zero-order valence-electron chi connectivity index (χ0n) is 9.43. The topological polar surface area (TPSA) is 29.3 Å². The second kappa shape index (κ2) is 3.25. The van der Waals surface area contributed by atoms with Gasteiger partial charge >= 0.3 is 0 Å². The van der Waals surface area contributed by atoms with Gasteiger partial charge in [0.1, 0.15) is 0 Å². The highest BCUT2D eigenvalue weighted by atomic mass is 15.3. The van der Waals surface area contributed by atoms with Crippen LogP contribution in [0.3, 0.4) is 0 Å². The number of hydrogen-bond acceptors (Lipinski definition) is 2. The molecular formula is C11H23N2. The molecule has 1 fully saturated rings. The van der Waals surface area contributed by atoms with Crippen molar-refractivity contribution in [3.63, 3.8) is 0 Å². The molecule has 1 rings (SSSR count). The van der Waals surface area contributed by atoms with Crippen LogP contribution in [0, 0.1) is 6.92 Å². The first-order valence-corrected chi connectivity index (χ1v) is 5.12. The first-order valence-electron chi connectivity index (χ1n) is 5.12. The highest BCUT2D eigenvalue weighted by Crippen LogP contribution is 2.36. The third-order valence-electron chi connectivity index (χ3n) is 3.21. The molecule has 1 saturated heterocycles. The van der Waals surface area contributed by atoms with Crippen molar-refractivity contribution in [1.29, 1.82) is 0 Å². The number of piperidine rings is 1. The molecule has 1 aliphatic heterocycles. The third-order valence-corrected chi connectivity index (χ3v) is 3.21. The number of hydrogen-bond donors (Lipinski definition) is 1. The molecule has 77 valence electrons. The van der Waals surface area contributed by atoms with Gasteiger partial charge in [0, 0.05) is 17.1 Å². The van der Waals surface area contributed by atoms with Crippen LogP contribution in [0.2, 0.25) is 0 Å². The summed E-state index contributed by atoms with van der Waals surface area (Å²) in [7, 11) is 0. The van der Waals surface area contributed by atoms with Crippen LogP contribution < -0.4 is 5.73 Å². The Labute approximate surface area is 82.5 Å². The molecule has 0 atom stereocenters. The Kier molecular flexibility index (Phi) is 2.75. The molecule has 1 heterocycles. The minimum Gasteiger partial charge on any atom is -0.328 e. The normalized spacial score (nSPS) is 29.1. The van der Waals surface area contributed by atoms with Gasteiger partial charge in [-0.1, -0.05) is 0 Å². The Bertz CT molecular complexity index is 167. The molecule has 0 amide bonds. The van der Waals surface area contributed by atoms with Crippen LogP contribution in [0.15, 0.2) is 0 Å². The molecule has 0 aliphatic carbocycles. The van der Waals surface area contributed by atoms with E-state index in [1.54, 1.807) is 0 Å². The van der Waals surface area contributed by atoms with E-state index < -0.39 is 0 Å². The minimum absolute atomic E-state index is 0.197. The van der Waals surface area contributed by atoms with Gasteiger partial charge in [-0.2, -0.15) is 0 Å². The van der Waals surface area contributed by atoms with Crippen LogP contribution in [-0.4, -0.2) is 28.6 Å². The molecule has 0 aromatic carbocycles. The maximum Gasteiger partial charge on any atom is 0.0173 e. The van der Waals surface area contributed by atoms with Crippen LogP contribution in [0.1, 0.15) is 40.5 Å². The summed E-state index contributed by atoms with van der Waals surface area (Å²) < 4.78 is 0. The first kappa shape index (κ1) is 11.0. The summed E-state index contributed by atoms with van der Waals surface area (Å²) in [6.45, 7) is 13.9. The van der Waals surface area contributed by atoms with Crippen LogP contribution in [-0.2, 0) is 0 Å². The first-order chi connectivity index (χ1) is 5.79.